The Morgan fingerprint density at radius 3 is 2.47 bits per heavy atom. The van der Waals surface area contributed by atoms with E-state index in [-0.39, 0.29) is 5.56 Å². The zero-order valence-corrected chi connectivity index (χ0v) is 10.6. The van der Waals surface area contributed by atoms with Gasteiger partial charge in [-0.15, -0.1) is 0 Å². The first-order chi connectivity index (χ1) is 8.08. The minimum absolute atomic E-state index is 0.0805. The summed E-state index contributed by atoms with van der Waals surface area (Å²) in [5.74, 6) is -0.526. The molecule has 0 fully saturated rings. The van der Waals surface area contributed by atoms with Crippen molar-refractivity contribution in [3.63, 3.8) is 0 Å². The average Bonchev–Trinajstić information content (AvgIpc) is 2.29. The van der Waals surface area contributed by atoms with Crippen LogP contribution in [0.1, 0.15) is 15.9 Å². The summed E-state index contributed by atoms with van der Waals surface area (Å²) < 4.78 is 0.889. The second-order valence-corrected chi connectivity index (χ2v) is 4.44. The van der Waals surface area contributed by atoms with E-state index in [2.05, 4.69) is 25.9 Å². The molecule has 1 heterocycles. The van der Waals surface area contributed by atoms with Gasteiger partial charge in [0.05, 0.1) is 5.56 Å². The first-order valence-corrected chi connectivity index (χ1v) is 5.69. The van der Waals surface area contributed by atoms with Crippen molar-refractivity contribution in [3.05, 3.63) is 46.2 Å². The second kappa shape index (κ2) is 4.63. The fraction of sp³-hybridized carbons (Fsp3) is 0.0833. The van der Waals surface area contributed by atoms with E-state index < -0.39 is 5.97 Å². The highest BCUT2D eigenvalue weighted by atomic mass is 79.9. The van der Waals surface area contributed by atoms with Crippen LogP contribution in [-0.2, 0) is 0 Å². The molecule has 0 aliphatic heterocycles. The third kappa shape index (κ3) is 2.50. The van der Waals surface area contributed by atoms with Gasteiger partial charge in [-0.3, -0.25) is 0 Å². The molecule has 86 valence electrons. The van der Waals surface area contributed by atoms with Gasteiger partial charge in [-0.1, -0.05) is 22.0 Å². The van der Waals surface area contributed by atoms with E-state index in [4.69, 9.17) is 5.11 Å². The SMILES string of the molecule is Cc1ccc(-c2ncc(C(=O)O)cn2)c(Br)c1. The highest BCUT2D eigenvalue weighted by molar-refractivity contribution is 9.10. The molecule has 0 unspecified atom stereocenters. The molecule has 0 bridgehead atoms. The Morgan fingerprint density at radius 2 is 1.94 bits per heavy atom. The van der Waals surface area contributed by atoms with Gasteiger partial charge >= 0.3 is 5.97 Å². The van der Waals surface area contributed by atoms with Gasteiger partial charge in [0.2, 0.25) is 0 Å². The summed E-state index contributed by atoms with van der Waals surface area (Å²) in [6.07, 6.45) is 2.61. The van der Waals surface area contributed by atoms with E-state index in [9.17, 15) is 4.79 Å². The summed E-state index contributed by atoms with van der Waals surface area (Å²) in [7, 11) is 0. The van der Waals surface area contributed by atoms with E-state index in [0.717, 1.165) is 15.6 Å². The summed E-state index contributed by atoms with van der Waals surface area (Å²) in [5, 5.41) is 8.75. The number of hydrogen-bond donors (Lipinski definition) is 1. The van der Waals surface area contributed by atoms with Crippen molar-refractivity contribution in [1.82, 2.24) is 9.97 Å². The zero-order valence-electron chi connectivity index (χ0n) is 9.01. The Labute approximate surface area is 106 Å². The van der Waals surface area contributed by atoms with Crippen LogP contribution < -0.4 is 0 Å². The van der Waals surface area contributed by atoms with E-state index >= 15 is 0 Å². The van der Waals surface area contributed by atoms with Gasteiger partial charge < -0.3 is 5.11 Å². The molecule has 17 heavy (non-hydrogen) atoms. The fourth-order valence-corrected chi connectivity index (χ4v) is 2.05. The van der Waals surface area contributed by atoms with Crippen molar-refractivity contribution < 1.29 is 9.90 Å². The lowest BCUT2D eigenvalue weighted by Gasteiger charge is -2.04. The number of halogens is 1. The highest BCUT2D eigenvalue weighted by Crippen LogP contribution is 2.26. The highest BCUT2D eigenvalue weighted by Gasteiger charge is 2.08. The van der Waals surface area contributed by atoms with Crippen LogP contribution in [0.2, 0.25) is 0 Å². The van der Waals surface area contributed by atoms with E-state index in [1.807, 2.05) is 25.1 Å². The van der Waals surface area contributed by atoms with Crippen LogP contribution in [0.3, 0.4) is 0 Å². The molecule has 0 atom stereocenters. The number of carbonyl (C=O) groups is 1. The van der Waals surface area contributed by atoms with Gasteiger partial charge in [0.25, 0.3) is 0 Å². The maximum Gasteiger partial charge on any atom is 0.338 e. The largest absolute Gasteiger partial charge is 0.478 e. The predicted octanol–water partition coefficient (Wildman–Crippen LogP) is 2.91. The van der Waals surface area contributed by atoms with Crippen LogP contribution >= 0.6 is 15.9 Å². The molecule has 1 aromatic carbocycles. The Morgan fingerprint density at radius 1 is 1.29 bits per heavy atom. The van der Waals surface area contributed by atoms with Crippen LogP contribution in [0.15, 0.2) is 35.1 Å². The number of benzene rings is 1. The van der Waals surface area contributed by atoms with Gasteiger partial charge in [0.1, 0.15) is 0 Å². The van der Waals surface area contributed by atoms with Crippen molar-refractivity contribution in [2.75, 3.05) is 0 Å². The van der Waals surface area contributed by atoms with Gasteiger partial charge in [0.15, 0.2) is 5.82 Å². The zero-order chi connectivity index (χ0) is 12.4. The van der Waals surface area contributed by atoms with E-state index in [0.29, 0.717) is 5.82 Å². The number of rotatable bonds is 2. The van der Waals surface area contributed by atoms with Crippen LogP contribution in [0, 0.1) is 6.92 Å². The van der Waals surface area contributed by atoms with Crippen LogP contribution in [-0.4, -0.2) is 21.0 Å². The third-order valence-electron chi connectivity index (χ3n) is 2.26. The molecule has 0 aliphatic carbocycles. The summed E-state index contributed by atoms with van der Waals surface area (Å²) >= 11 is 3.43. The number of hydrogen-bond acceptors (Lipinski definition) is 3. The maximum atomic E-state index is 10.7. The topological polar surface area (TPSA) is 63.1 Å². The Hall–Kier alpha value is -1.75. The number of aryl methyl sites for hydroxylation is 1. The molecule has 4 nitrogen and oxygen atoms in total. The van der Waals surface area contributed by atoms with Crippen molar-refractivity contribution in [2.45, 2.75) is 6.92 Å². The normalized spacial score (nSPS) is 10.2. The lowest BCUT2D eigenvalue weighted by molar-refractivity contribution is 0.0696. The summed E-state index contributed by atoms with van der Waals surface area (Å²) in [5.41, 5.74) is 2.05. The molecule has 0 amide bonds. The monoisotopic (exact) mass is 292 g/mol. The molecule has 0 saturated carbocycles. The van der Waals surface area contributed by atoms with Crippen molar-refractivity contribution in [2.24, 2.45) is 0 Å². The Kier molecular flexibility index (Phi) is 3.19. The smallest absolute Gasteiger partial charge is 0.338 e. The van der Waals surface area contributed by atoms with Gasteiger partial charge in [-0.2, -0.15) is 0 Å². The van der Waals surface area contributed by atoms with Crippen LogP contribution in [0.25, 0.3) is 11.4 Å². The van der Waals surface area contributed by atoms with Gasteiger partial charge in [-0.25, -0.2) is 14.8 Å². The Bertz CT molecular complexity index is 567. The lowest BCUT2D eigenvalue weighted by atomic mass is 10.1. The first-order valence-electron chi connectivity index (χ1n) is 4.90. The molecule has 0 saturated heterocycles. The number of carboxylic acid groups (broad SMARTS) is 1. The van der Waals surface area contributed by atoms with E-state index in [1.54, 1.807) is 0 Å². The molecule has 0 spiro atoms. The first kappa shape index (κ1) is 11.7. The van der Waals surface area contributed by atoms with Gasteiger partial charge in [-0.05, 0) is 24.6 Å². The Balaban J connectivity index is 2.43. The maximum absolute atomic E-state index is 10.7. The molecule has 1 N–H and O–H groups in total. The van der Waals surface area contributed by atoms with Crippen molar-refractivity contribution in [1.29, 1.82) is 0 Å². The molecule has 1 aromatic heterocycles. The molecule has 2 aromatic rings. The number of carboxylic acids is 1. The molecular formula is C12H9BrN2O2. The molecule has 2 rings (SSSR count). The fourth-order valence-electron chi connectivity index (χ4n) is 1.38. The second-order valence-electron chi connectivity index (χ2n) is 3.58. The summed E-state index contributed by atoms with van der Waals surface area (Å²) in [6, 6.07) is 5.81. The molecular weight excluding hydrogens is 284 g/mol. The van der Waals surface area contributed by atoms with Crippen molar-refractivity contribution in [3.8, 4) is 11.4 Å². The third-order valence-corrected chi connectivity index (χ3v) is 2.92. The van der Waals surface area contributed by atoms with Gasteiger partial charge in [0, 0.05) is 22.4 Å². The van der Waals surface area contributed by atoms with E-state index in [1.165, 1.54) is 12.4 Å². The summed E-state index contributed by atoms with van der Waals surface area (Å²) in [4.78, 5) is 18.7. The average molecular weight is 293 g/mol. The molecule has 0 radical (unpaired) electrons. The minimum atomic E-state index is -1.03. The van der Waals surface area contributed by atoms with Crippen LogP contribution in [0.4, 0.5) is 0 Å². The van der Waals surface area contributed by atoms with Crippen LogP contribution in [0.5, 0.6) is 0 Å². The quantitative estimate of drug-likeness (QED) is 0.924. The number of aromatic carboxylic acids is 1. The standard InChI is InChI=1S/C12H9BrN2O2/c1-7-2-3-9(10(13)4-7)11-14-5-8(6-15-11)12(16)17/h2-6H,1H3,(H,16,17). The van der Waals surface area contributed by atoms with Crippen molar-refractivity contribution >= 4 is 21.9 Å². The summed E-state index contributed by atoms with van der Waals surface area (Å²) in [6.45, 7) is 1.99. The number of nitrogens with zero attached hydrogens (tertiary/aromatic N) is 2. The lowest BCUT2D eigenvalue weighted by Crippen LogP contribution is -1.99. The molecule has 0 aliphatic rings. The number of aromatic nitrogens is 2. The minimum Gasteiger partial charge on any atom is -0.478 e. The predicted molar refractivity (Wildman–Crippen MR) is 66.9 cm³/mol. The molecule has 5 heteroatoms.